The summed E-state index contributed by atoms with van der Waals surface area (Å²) in [6.07, 6.45) is 4.82. The predicted octanol–water partition coefficient (Wildman–Crippen LogP) is 6.20. The monoisotopic (exact) mass is 390 g/mol. The number of rotatable bonds is 6. The van der Waals surface area contributed by atoms with Gasteiger partial charge in [0.2, 0.25) is 0 Å². The highest BCUT2D eigenvalue weighted by molar-refractivity contribution is 6.30. The number of nitrogens with zero attached hydrogens (tertiary/aromatic N) is 3. The molecule has 0 atom stereocenters. The summed E-state index contributed by atoms with van der Waals surface area (Å²) in [4.78, 5) is 9.16. The molecule has 0 radical (unpaired) electrons. The average Bonchev–Trinajstić information content (AvgIpc) is 3.09. The Balaban J connectivity index is 1.90. The van der Waals surface area contributed by atoms with E-state index >= 15 is 0 Å². The molecule has 0 amide bonds. The maximum Gasteiger partial charge on any atom is 0.150 e. The Kier molecular flexibility index (Phi) is 5.31. The van der Waals surface area contributed by atoms with Crippen molar-refractivity contribution in [2.45, 2.75) is 20.3 Å². The molecule has 0 bridgehead atoms. The lowest BCUT2D eigenvalue weighted by atomic mass is 10.1. The highest BCUT2D eigenvalue weighted by atomic mass is 35.5. The van der Waals surface area contributed by atoms with E-state index in [0.29, 0.717) is 10.9 Å². The van der Waals surface area contributed by atoms with Gasteiger partial charge in [-0.1, -0.05) is 61.8 Å². The lowest BCUT2D eigenvalue weighted by molar-refractivity contribution is 0.607. The normalized spacial score (nSPS) is 11.3. The van der Waals surface area contributed by atoms with E-state index in [-0.39, 0.29) is 0 Å². The molecule has 2 aromatic carbocycles. The maximum atomic E-state index is 6.24. The molecular formula is C23H23ClN4. The lowest BCUT2D eigenvalue weighted by Gasteiger charge is -2.10. The molecule has 0 fully saturated rings. The third kappa shape index (κ3) is 3.73. The van der Waals surface area contributed by atoms with Crippen LogP contribution < -0.4 is 5.32 Å². The lowest BCUT2D eigenvalue weighted by Crippen LogP contribution is -2.07. The predicted molar refractivity (Wildman–Crippen MR) is 117 cm³/mol. The van der Waals surface area contributed by atoms with E-state index in [1.807, 2.05) is 42.5 Å². The first-order valence-electron chi connectivity index (χ1n) is 9.55. The van der Waals surface area contributed by atoms with E-state index in [4.69, 9.17) is 11.6 Å². The van der Waals surface area contributed by atoms with Gasteiger partial charge in [-0.2, -0.15) is 0 Å². The summed E-state index contributed by atoms with van der Waals surface area (Å²) in [6.45, 7) is 5.32. The molecule has 2 heterocycles. The molecule has 2 aromatic heterocycles. The minimum Gasteiger partial charge on any atom is -0.369 e. The van der Waals surface area contributed by atoms with Crippen molar-refractivity contribution in [3.8, 4) is 16.8 Å². The van der Waals surface area contributed by atoms with Crippen LogP contribution in [0, 0.1) is 5.92 Å². The smallest absolute Gasteiger partial charge is 0.150 e. The van der Waals surface area contributed by atoms with E-state index in [2.05, 4.69) is 52.0 Å². The van der Waals surface area contributed by atoms with Gasteiger partial charge >= 0.3 is 0 Å². The highest BCUT2D eigenvalue weighted by Crippen LogP contribution is 2.35. The van der Waals surface area contributed by atoms with Crippen molar-refractivity contribution in [1.82, 2.24) is 14.5 Å². The first-order valence-corrected chi connectivity index (χ1v) is 9.92. The number of halogens is 1. The Labute approximate surface area is 170 Å². The van der Waals surface area contributed by atoms with Crippen LogP contribution in [-0.4, -0.2) is 21.1 Å². The molecule has 142 valence electrons. The van der Waals surface area contributed by atoms with Gasteiger partial charge in [0, 0.05) is 29.0 Å². The molecule has 0 aliphatic rings. The van der Waals surface area contributed by atoms with Gasteiger partial charge in [0.1, 0.15) is 12.1 Å². The maximum absolute atomic E-state index is 6.24. The highest BCUT2D eigenvalue weighted by Gasteiger charge is 2.17. The van der Waals surface area contributed by atoms with Crippen LogP contribution in [0.25, 0.3) is 27.8 Å². The molecule has 4 nitrogen and oxygen atoms in total. The van der Waals surface area contributed by atoms with Gasteiger partial charge in [-0.3, -0.25) is 0 Å². The van der Waals surface area contributed by atoms with Crippen LogP contribution in [0.15, 0.2) is 67.1 Å². The summed E-state index contributed by atoms with van der Waals surface area (Å²) in [5, 5.41) is 5.24. The zero-order valence-corrected chi connectivity index (χ0v) is 16.8. The van der Waals surface area contributed by atoms with E-state index in [1.165, 1.54) is 0 Å². The van der Waals surface area contributed by atoms with Crippen LogP contribution in [0.2, 0.25) is 5.02 Å². The molecule has 0 aliphatic carbocycles. The van der Waals surface area contributed by atoms with Crippen LogP contribution >= 0.6 is 11.6 Å². The van der Waals surface area contributed by atoms with Crippen LogP contribution in [0.3, 0.4) is 0 Å². The Morgan fingerprint density at radius 2 is 1.86 bits per heavy atom. The van der Waals surface area contributed by atoms with Crippen molar-refractivity contribution in [3.63, 3.8) is 0 Å². The van der Waals surface area contributed by atoms with Crippen molar-refractivity contribution in [1.29, 1.82) is 0 Å². The van der Waals surface area contributed by atoms with Crippen LogP contribution in [0.4, 0.5) is 5.82 Å². The van der Waals surface area contributed by atoms with E-state index < -0.39 is 0 Å². The van der Waals surface area contributed by atoms with Crippen molar-refractivity contribution in [3.05, 3.63) is 72.1 Å². The number of aromatic nitrogens is 3. The Morgan fingerprint density at radius 1 is 1.04 bits per heavy atom. The van der Waals surface area contributed by atoms with Gasteiger partial charge < -0.3 is 9.88 Å². The topological polar surface area (TPSA) is 42.7 Å². The third-order valence-corrected chi connectivity index (χ3v) is 5.00. The molecule has 0 saturated carbocycles. The summed E-state index contributed by atoms with van der Waals surface area (Å²) >= 11 is 6.24. The molecule has 28 heavy (non-hydrogen) atoms. The van der Waals surface area contributed by atoms with Crippen LogP contribution in [0.1, 0.15) is 20.3 Å². The first-order chi connectivity index (χ1) is 13.6. The number of nitrogens with one attached hydrogen (secondary N) is 1. The molecule has 0 spiro atoms. The summed E-state index contributed by atoms with van der Waals surface area (Å²) in [7, 11) is 0. The molecule has 0 saturated heterocycles. The fraction of sp³-hybridized carbons (Fsp3) is 0.217. The summed E-state index contributed by atoms with van der Waals surface area (Å²) in [6, 6.07) is 18.2. The fourth-order valence-electron chi connectivity index (χ4n) is 3.33. The summed E-state index contributed by atoms with van der Waals surface area (Å²) in [5.74, 6) is 1.50. The summed E-state index contributed by atoms with van der Waals surface area (Å²) in [5.41, 5.74) is 4.08. The van der Waals surface area contributed by atoms with Gasteiger partial charge in [-0.15, -0.1) is 0 Å². The molecule has 4 rings (SSSR count). The minimum absolute atomic E-state index is 0.634. The van der Waals surface area contributed by atoms with Crippen LogP contribution in [-0.2, 0) is 0 Å². The number of benzene rings is 2. The zero-order chi connectivity index (χ0) is 19.5. The van der Waals surface area contributed by atoms with Crippen molar-refractivity contribution >= 4 is 28.5 Å². The van der Waals surface area contributed by atoms with E-state index in [1.54, 1.807) is 6.33 Å². The van der Waals surface area contributed by atoms with Gasteiger partial charge in [-0.05, 0) is 36.1 Å². The third-order valence-electron chi connectivity index (χ3n) is 4.77. The average molecular weight is 391 g/mol. The zero-order valence-electron chi connectivity index (χ0n) is 16.1. The van der Waals surface area contributed by atoms with Crippen molar-refractivity contribution in [2.24, 2.45) is 5.92 Å². The largest absolute Gasteiger partial charge is 0.369 e. The number of anilines is 1. The Bertz CT molecular complexity index is 1090. The SMILES string of the molecule is CC(C)CCNc1ncnc2c1c(-c1ccccc1)cn2-c1cccc(Cl)c1. The van der Waals surface area contributed by atoms with Gasteiger partial charge in [0.25, 0.3) is 0 Å². The molecule has 0 unspecified atom stereocenters. The van der Waals surface area contributed by atoms with Crippen LogP contribution in [0.5, 0.6) is 0 Å². The summed E-state index contributed by atoms with van der Waals surface area (Å²) < 4.78 is 2.08. The quantitative estimate of drug-likeness (QED) is 0.426. The van der Waals surface area contributed by atoms with E-state index in [9.17, 15) is 0 Å². The fourth-order valence-corrected chi connectivity index (χ4v) is 3.52. The van der Waals surface area contributed by atoms with Crippen molar-refractivity contribution in [2.75, 3.05) is 11.9 Å². The second-order valence-corrected chi connectivity index (χ2v) is 7.73. The second-order valence-electron chi connectivity index (χ2n) is 7.29. The van der Waals surface area contributed by atoms with Gasteiger partial charge in [-0.25, -0.2) is 9.97 Å². The van der Waals surface area contributed by atoms with Gasteiger partial charge in [0.15, 0.2) is 5.65 Å². The molecule has 4 aromatic rings. The Morgan fingerprint density at radius 3 is 2.61 bits per heavy atom. The van der Waals surface area contributed by atoms with Crippen molar-refractivity contribution < 1.29 is 0 Å². The molecule has 1 N–H and O–H groups in total. The first kappa shape index (κ1) is 18.5. The Hall–Kier alpha value is -2.85. The van der Waals surface area contributed by atoms with E-state index in [0.717, 1.165) is 46.6 Å². The van der Waals surface area contributed by atoms with Gasteiger partial charge in [0.05, 0.1) is 5.39 Å². The standard InChI is InChI=1S/C23H23ClN4/c1-16(2)11-12-25-22-21-20(17-7-4-3-5-8-17)14-28(23(21)27-15-26-22)19-10-6-9-18(24)13-19/h3-10,13-16H,11-12H2,1-2H3,(H,25,26,27). The number of fused-ring (bicyclic) bond motifs is 1. The molecular weight excluding hydrogens is 368 g/mol. The number of hydrogen-bond donors (Lipinski definition) is 1. The molecule has 5 heteroatoms. The molecule has 0 aliphatic heterocycles. The second kappa shape index (κ2) is 8.03. The minimum atomic E-state index is 0.634. The number of hydrogen-bond acceptors (Lipinski definition) is 3.